The van der Waals surface area contributed by atoms with Crippen molar-refractivity contribution in [3.8, 4) is 0 Å². The highest BCUT2D eigenvalue weighted by Gasteiger charge is 2.17. The van der Waals surface area contributed by atoms with Gasteiger partial charge in [-0.05, 0) is 94.6 Å². The fourth-order valence-electron chi connectivity index (χ4n) is 4.96. The van der Waals surface area contributed by atoms with Crippen LogP contribution in [0.15, 0.2) is 146 Å². The molecule has 0 spiro atoms. The summed E-state index contributed by atoms with van der Waals surface area (Å²) in [6, 6.07) is 50.5. The molecule has 0 saturated heterocycles. The third kappa shape index (κ3) is 25.0. The highest BCUT2D eigenvalue weighted by atomic mass is 16.4. The number of aliphatic carboxylic acids is 1. The summed E-state index contributed by atoms with van der Waals surface area (Å²) >= 11 is 0. The third-order valence-electron chi connectivity index (χ3n) is 8.95. The molecule has 1 atom stereocenters. The normalized spacial score (nSPS) is 10.1. The standard InChI is InChI=1S/C14H20O2.5C8H10/c1-3-4-5-13(14(15)16)10-12-8-6-11(2)7-9-12;5*1-7-3-5-8(2)6-4-7/h6-9,13H,3-5,10H2,1-2H3,(H,15,16);5*3-6H,1-2H3. The Hall–Kier alpha value is -5.21. The van der Waals surface area contributed by atoms with E-state index in [1.165, 1.54) is 61.2 Å². The molecule has 0 fully saturated rings. The van der Waals surface area contributed by atoms with Crippen molar-refractivity contribution in [3.63, 3.8) is 0 Å². The number of hydrogen-bond donors (Lipinski definition) is 1. The van der Waals surface area contributed by atoms with Crippen LogP contribution in [0.5, 0.6) is 0 Å². The van der Waals surface area contributed by atoms with Gasteiger partial charge < -0.3 is 5.11 Å². The Labute approximate surface area is 341 Å². The minimum absolute atomic E-state index is 0.234. The smallest absolute Gasteiger partial charge is 0.306 e. The number of aryl methyl sites for hydroxylation is 11. The predicted octanol–water partition coefficient (Wildman–Crippen LogP) is 14.9. The van der Waals surface area contributed by atoms with Crippen molar-refractivity contribution in [1.29, 1.82) is 0 Å². The Bertz CT molecular complexity index is 1510. The molecule has 298 valence electrons. The summed E-state index contributed by atoms with van der Waals surface area (Å²) in [5, 5.41) is 9.12. The minimum Gasteiger partial charge on any atom is -0.481 e. The molecule has 1 N–H and O–H groups in total. The molecule has 0 aliphatic heterocycles. The minimum atomic E-state index is -0.672. The predicted molar refractivity (Wildman–Crippen MR) is 245 cm³/mol. The van der Waals surface area contributed by atoms with Crippen LogP contribution in [0.1, 0.15) is 92.9 Å². The van der Waals surface area contributed by atoms with Crippen molar-refractivity contribution in [2.75, 3.05) is 0 Å². The van der Waals surface area contributed by atoms with Gasteiger partial charge in [-0.15, -0.1) is 0 Å². The molecule has 0 aliphatic carbocycles. The lowest BCUT2D eigenvalue weighted by Crippen LogP contribution is -2.16. The van der Waals surface area contributed by atoms with Crippen LogP contribution >= 0.6 is 0 Å². The quantitative estimate of drug-likeness (QED) is 0.184. The van der Waals surface area contributed by atoms with Gasteiger partial charge in [0.2, 0.25) is 0 Å². The summed E-state index contributed by atoms with van der Waals surface area (Å²) in [5.74, 6) is -0.906. The summed E-state index contributed by atoms with van der Waals surface area (Å²) in [4.78, 5) is 11.1. The number of carbonyl (C=O) groups is 1. The van der Waals surface area contributed by atoms with E-state index in [1.807, 2.05) is 31.2 Å². The summed E-state index contributed by atoms with van der Waals surface area (Å²) in [5.41, 5.74) is 15.6. The highest BCUT2D eigenvalue weighted by Crippen LogP contribution is 2.16. The Balaban J connectivity index is 0.000000345. The van der Waals surface area contributed by atoms with Crippen LogP contribution in [0, 0.1) is 82.1 Å². The topological polar surface area (TPSA) is 37.3 Å². The van der Waals surface area contributed by atoms with E-state index >= 15 is 0 Å². The Morgan fingerprint density at radius 1 is 0.375 bits per heavy atom. The molecule has 2 heteroatoms. The van der Waals surface area contributed by atoms with E-state index in [4.69, 9.17) is 5.11 Å². The van der Waals surface area contributed by atoms with E-state index in [-0.39, 0.29) is 5.92 Å². The van der Waals surface area contributed by atoms with Crippen LogP contribution in [-0.4, -0.2) is 11.1 Å². The van der Waals surface area contributed by atoms with Gasteiger partial charge in [-0.2, -0.15) is 0 Å². The first-order valence-electron chi connectivity index (χ1n) is 20.0. The molecule has 6 aromatic carbocycles. The van der Waals surface area contributed by atoms with Crippen LogP contribution in [0.2, 0.25) is 0 Å². The van der Waals surface area contributed by atoms with Crippen molar-refractivity contribution in [3.05, 3.63) is 212 Å². The lowest BCUT2D eigenvalue weighted by atomic mass is 9.94. The first-order chi connectivity index (χ1) is 26.6. The maximum atomic E-state index is 11.1. The lowest BCUT2D eigenvalue weighted by Gasteiger charge is -2.11. The van der Waals surface area contributed by atoms with Gasteiger partial charge in [-0.25, -0.2) is 0 Å². The van der Waals surface area contributed by atoms with Crippen molar-refractivity contribution < 1.29 is 9.90 Å². The molecule has 1 unspecified atom stereocenters. The monoisotopic (exact) mass is 751 g/mol. The van der Waals surface area contributed by atoms with Gasteiger partial charge in [0.15, 0.2) is 0 Å². The second kappa shape index (κ2) is 28.2. The maximum Gasteiger partial charge on any atom is 0.306 e. The third-order valence-corrected chi connectivity index (χ3v) is 8.95. The number of rotatable bonds is 6. The molecular formula is C54H70O2. The molecule has 0 radical (unpaired) electrons. The molecule has 0 bridgehead atoms. The zero-order valence-corrected chi connectivity index (χ0v) is 36.6. The number of benzene rings is 6. The molecular weight excluding hydrogens is 681 g/mol. The first kappa shape index (κ1) is 48.8. The van der Waals surface area contributed by atoms with E-state index in [2.05, 4.69) is 197 Å². The van der Waals surface area contributed by atoms with Crippen LogP contribution in [0.25, 0.3) is 0 Å². The Kier molecular flexibility index (Phi) is 24.6. The van der Waals surface area contributed by atoms with Crippen LogP contribution in [0.4, 0.5) is 0 Å². The second-order valence-corrected chi connectivity index (χ2v) is 15.1. The molecule has 0 aromatic heterocycles. The van der Waals surface area contributed by atoms with Crippen LogP contribution in [0.3, 0.4) is 0 Å². The van der Waals surface area contributed by atoms with Crippen molar-refractivity contribution >= 4 is 5.97 Å². The van der Waals surface area contributed by atoms with Gasteiger partial charge in [-0.3, -0.25) is 4.79 Å². The molecule has 0 saturated carbocycles. The van der Waals surface area contributed by atoms with E-state index in [1.54, 1.807) is 0 Å². The van der Waals surface area contributed by atoms with Crippen molar-refractivity contribution in [1.82, 2.24) is 0 Å². The lowest BCUT2D eigenvalue weighted by molar-refractivity contribution is -0.142. The van der Waals surface area contributed by atoms with Crippen molar-refractivity contribution in [2.45, 2.75) is 109 Å². The van der Waals surface area contributed by atoms with Gasteiger partial charge in [-0.1, -0.05) is 227 Å². The SMILES string of the molecule is CCCCC(Cc1ccc(C)cc1)C(=O)O.Cc1ccc(C)cc1.Cc1ccc(C)cc1.Cc1ccc(C)cc1.Cc1ccc(C)cc1.Cc1ccc(C)cc1. The molecule has 0 amide bonds. The molecule has 2 nitrogen and oxygen atoms in total. The molecule has 6 rings (SSSR count). The van der Waals surface area contributed by atoms with E-state index in [0.717, 1.165) is 24.8 Å². The Morgan fingerprint density at radius 2 is 0.554 bits per heavy atom. The van der Waals surface area contributed by atoms with Gasteiger partial charge >= 0.3 is 5.97 Å². The molecule has 0 aliphatic rings. The van der Waals surface area contributed by atoms with Gasteiger partial charge in [0.1, 0.15) is 0 Å². The fourth-order valence-corrected chi connectivity index (χ4v) is 4.96. The zero-order valence-electron chi connectivity index (χ0n) is 36.6. The summed E-state index contributed by atoms with van der Waals surface area (Å²) in [6.45, 7) is 25.1. The summed E-state index contributed by atoms with van der Waals surface area (Å²) in [7, 11) is 0. The first-order valence-corrected chi connectivity index (χ1v) is 20.0. The van der Waals surface area contributed by atoms with Gasteiger partial charge in [0, 0.05) is 0 Å². The number of carboxylic acids is 1. The van der Waals surface area contributed by atoms with Crippen LogP contribution in [-0.2, 0) is 11.2 Å². The van der Waals surface area contributed by atoms with E-state index < -0.39 is 5.97 Å². The molecule has 56 heavy (non-hydrogen) atoms. The molecule has 0 heterocycles. The average molecular weight is 751 g/mol. The maximum absolute atomic E-state index is 11.1. The largest absolute Gasteiger partial charge is 0.481 e. The highest BCUT2D eigenvalue weighted by molar-refractivity contribution is 5.70. The summed E-state index contributed by atoms with van der Waals surface area (Å²) in [6.07, 6.45) is 3.47. The van der Waals surface area contributed by atoms with Crippen LogP contribution < -0.4 is 0 Å². The average Bonchev–Trinajstić information content (AvgIpc) is 3.18. The van der Waals surface area contributed by atoms with E-state index in [0.29, 0.717) is 6.42 Å². The number of carboxylic acid groups (broad SMARTS) is 1. The number of unbranched alkanes of at least 4 members (excludes halogenated alkanes) is 1. The number of hydrogen-bond acceptors (Lipinski definition) is 1. The zero-order chi connectivity index (χ0) is 41.9. The summed E-state index contributed by atoms with van der Waals surface area (Å²) < 4.78 is 0. The van der Waals surface area contributed by atoms with Gasteiger partial charge in [0.25, 0.3) is 0 Å². The fraction of sp³-hybridized carbons (Fsp3) is 0.315. The van der Waals surface area contributed by atoms with Gasteiger partial charge in [0.05, 0.1) is 5.92 Å². The Morgan fingerprint density at radius 3 is 0.714 bits per heavy atom. The molecule has 6 aromatic rings. The van der Waals surface area contributed by atoms with E-state index in [9.17, 15) is 4.79 Å². The van der Waals surface area contributed by atoms with Crippen molar-refractivity contribution in [2.24, 2.45) is 5.92 Å². The second-order valence-electron chi connectivity index (χ2n) is 15.1.